The van der Waals surface area contributed by atoms with E-state index in [4.69, 9.17) is 0 Å². The second-order valence-electron chi connectivity index (χ2n) is 5.07. The topological polar surface area (TPSA) is 51.0 Å². The van der Waals surface area contributed by atoms with Gasteiger partial charge in [0.1, 0.15) is 17.8 Å². The fraction of sp³-hybridized carbons (Fsp3) is 0.357. The Kier molecular flexibility index (Phi) is 3.59. The molecule has 1 amide bonds. The van der Waals surface area contributed by atoms with Gasteiger partial charge in [0.15, 0.2) is 0 Å². The Balaban J connectivity index is 1.86. The van der Waals surface area contributed by atoms with Gasteiger partial charge >= 0.3 is 6.18 Å². The number of halogens is 3. The molecule has 2 aromatic heterocycles. The van der Waals surface area contributed by atoms with Gasteiger partial charge in [0.2, 0.25) is 0 Å². The van der Waals surface area contributed by atoms with E-state index in [1.807, 2.05) is 0 Å². The summed E-state index contributed by atoms with van der Waals surface area (Å²) < 4.78 is 39.4. The summed E-state index contributed by atoms with van der Waals surface area (Å²) >= 11 is 0. The van der Waals surface area contributed by atoms with Gasteiger partial charge in [0, 0.05) is 25.5 Å². The van der Waals surface area contributed by atoms with Crippen LogP contribution in [0.2, 0.25) is 0 Å². The van der Waals surface area contributed by atoms with Gasteiger partial charge in [-0.25, -0.2) is 9.97 Å². The molecule has 0 aromatic carbocycles. The second-order valence-corrected chi connectivity index (χ2v) is 5.07. The molecular weight excluding hydrogens is 297 g/mol. The Morgan fingerprint density at radius 3 is 2.59 bits per heavy atom. The lowest BCUT2D eigenvalue weighted by atomic mass is 10.2. The molecule has 8 heteroatoms. The molecule has 1 aliphatic heterocycles. The minimum atomic E-state index is -4.44. The van der Waals surface area contributed by atoms with Gasteiger partial charge in [0.25, 0.3) is 5.91 Å². The number of rotatable bonds is 2. The summed E-state index contributed by atoms with van der Waals surface area (Å²) in [4.78, 5) is 21.7. The molecule has 3 heterocycles. The summed E-state index contributed by atoms with van der Waals surface area (Å²) in [5, 5.41) is 0. The third-order valence-corrected chi connectivity index (χ3v) is 3.53. The van der Waals surface area contributed by atoms with Crippen molar-refractivity contribution in [2.24, 2.45) is 0 Å². The fourth-order valence-electron chi connectivity index (χ4n) is 2.38. The van der Waals surface area contributed by atoms with Crippen LogP contribution < -0.4 is 0 Å². The highest BCUT2D eigenvalue weighted by Crippen LogP contribution is 2.29. The molecule has 0 atom stereocenters. The number of alkyl halides is 3. The van der Waals surface area contributed by atoms with Crippen molar-refractivity contribution in [1.82, 2.24) is 19.4 Å². The number of carbonyl (C=O) groups excluding carboxylic acids is 1. The Morgan fingerprint density at radius 2 is 1.91 bits per heavy atom. The van der Waals surface area contributed by atoms with Crippen LogP contribution in [0.25, 0.3) is 5.82 Å². The molecule has 5 nitrogen and oxygen atoms in total. The Labute approximate surface area is 124 Å². The maximum atomic E-state index is 12.7. The van der Waals surface area contributed by atoms with Crippen molar-refractivity contribution in [3.63, 3.8) is 0 Å². The maximum Gasteiger partial charge on any atom is 0.416 e. The number of likely N-dealkylation sites (tertiary alicyclic amines) is 1. The van der Waals surface area contributed by atoms with Crippen molar-refractivity contribution in [2.45, 2.75) is 19.0 Å². The molecule has 1 aliphatic rings. The number of hydrogen-bond acceptors (Lipinski definition) is 3. The lowest BCUT2D eigenvalue weighted by Crippen LogP contribution is -2.27. The summed E-state index contributed by atoms with van der Waals surface area (Å²) in [5.74, 6) is -0.133. The maximum absolute atomic E-state index is 12.7. The first kappa shape index (κ1) is 14.6. The van der Waals surface area contributed by atoms with Crippen LogP contribution in [0.5, 0.6) is 0 Å². The molecule has 116 valence electrons. The Bertz CT molecular complexity index is 689. The number of nitrogens with zero attached hydrogens (tertiary/aromatic N) is 4. The van der Waals surface area contributed by atoms with Crippen LogP contribution in [-0.2, 0) is 6.18 Å². The zero-order valence-corrected chi connectivity index (χ0v) is 11.5. The summed E-state index contributed by atoms with van der Waals surface area (Å²) in [7, 11) is 0. The van der Waals surface area contributed by atoms with Gasteiger partial charge in [-0.3, -0.25) is 9.36 Å². The first-order valence-corrected chi connectivity index (χ1v) is 6.82. The van der Waals surface area contributed by atoms with Crippen molar-refractivity contribution in [2.75, 3.05) is 13.1 Å². The van der Waals surface area contributed by atoms with E-state index < -0.39 is 11.7 Å². The van der Waals surface area contributed by atoms with Gasteiger partial charge < -0.3 is 4.90 Å². The molecule has 2 aromatic rings. The summed E-state index contributed by atoms with van der Waals surface area (Å²) in [6.07, 6.45) is 1.27. The van der Waals surface area contributed by atoms with Gasteiger partial charge in [-0.2, -0.15) is 13.2 Å². The van der Waals surface area contributed by atoms with Crippen molar-refractivity contribution < 1.29 is 18.0 Å². The zero-order chi connectivity index (χ0) is 15.7. The Morgan fingerprint density at radius 1 is 1.18 bits per heavy atom. The lowest BCUT2D eigenvalue weighted by molar-refractivity contribution is -0.137. The second kappa shape index (κ2) is 5.43. The molecule has 0 N–H and O–H groups in total. The summed E-state index contributed by atoms with van der Waals surface area (Å²) in [6, 6.07) is 1.82. The minimum Gasteiger partial charge on any atom is -0.337 e. The van der Waals surface area contributed by atoms with Crippen LogP contribution in [0.15, 0.2) is 30.9 Å². The average molecular weight is 310 g/mol. The third kappa shape index (κ3) is 2.81. The number of pyridine rings is 1. The molecule has 22 heavy (non-hydrogen) atoms. The van der Waals surface area contributed by atoms with E-state index in [9.17, 15) is 18.0 Å². The number of imidazole rings is 1. The highest BCUT2D eigenvalue weighted by atomic mass is 19.4. The molecule has 0 aliphatic carbocycles. The summed E-state index contributed by atoms with van der Waals surface area (Å²) in [6.45, 7) is 1.38. The molecule has 0 saturated carbocycles. The lowest BCUT2D eigenvalue weighted by Gasteiger charge is -2.12. The van der Waals surface area contributed by atoms with Crippen LogP contribution in [0.3, 0.4) is 0 Å². The van der Waals surface area contributed by atoms with Crippen molar-refractivity contribution in [3.8, 4) is 5.82 Å². The predicted octanol–water partition coefficient (Wildman–Crippen LogP) is 2.52. The smallest absolute Gasteiger partial charge is 0.337 e. The molecule has 0 radical (unpaired) electrons. The van der Waals surface area contributed by atoms with E-state index in [1.54, 1.807) is 4.90 Å². The van der Waals surface area contributed by atoms with E-state index in [0.717, 1.165) is 31.2 Å². The van der Waals surface area contributed by atoms with Crippen molar-refractivity contribution >= 4 is 5.91 Å². The number of aromatic nitrogens is 3. The first-order chi connectivity index (χ1) is 10.4. The fourth-order valence-corrected chi connectivity index (χ4v) is 2.38. The minimum absolute atomic E-state index is 0.0720. The molecule has 1 fully saturated rings. The Hall–Kier alpha value is -2.38. The number of carbonyl (C=O) groups is 1. The van der Waals surface area contributed by atoms with Crippen molar-refractivity contribution in [1.29, 1.82) is 0 Å². The predicted molar refractivity (Wildman–Crippen MR) is 71.5 cm³/mol. The molecule has 3 rings (SSSR count). The van der Waals surface area contributed by atoms with Crippen LogP contribution in [-0.4, -0.2) is 38.4 Å². The molecule has 1 saturated heterocycles. The van der Waals surface area contributed by atoms with E-state index in [2.05, 4.69) is 9.97 Å². The van der Waals surface area contributed by atoms with Gasteiger partial charge in [-0.05, 0) is 25.0 Å². The average Bonchev–Trinajstić information content (AvgIpc) is 3.17. The van der Waals surface area contributed by atoms with Crippen molar-refractivity contribution in [3.05, 3.63) is 42.1 Å². The zero-order valence-electron chi connectivity index (χ0n) is 11.5. The quantitative estimate of drug-likeness (QED) is 0.856. The molecule has 0 bridgehead atoms. The van der Waals surface area contributed by atoms with Gasteiger partial charge in [-0.1, -0.05) is 0 Å². The number of amides is 1. The molecular formula is C14H13F3N4O. The SMILES string of the molecule is O=C(c1cn(-c2cc(C(F)(F)F)ccn2)cn1)N1CCCC1. The van der Waals surface area contributed by atoms with Crippen LogP contribution in [0, 0.1) is 0 Å². The van der Waals surface area contributed by atoms with Crippen LogP contribution in [0.1, 0.15) is 28.9 Å². The normalized spacial score (nSPS) is 15.3. The van der Waals surface area contributed by atoms with Crippen LogP contribution in [0.4, 0.5) is 13.2 Å². The standard InChI is InChI=1S/C14H13F3N4O/c15-14(16,17)10-3-4-18-12(7-10)21-8-11(19-9-21)13(22)20-5-1-2-6-20/h3-4,7-9H,1-2,5-6H2. The van der Waals surface area contributed by atoms with E-state index in [1.165, 1.54) is 17.1 Å². The monoisotopic (exact) mass is 310 g/mol. The first-order valence-electron chi connectivity index (χ1n) is 6.82. The van der Waals surface area contributed by atoms with E-state index in [0.29, 0.717) is 13.1 Å². The van der Waals surface area contributed by atoms with Crippen LogP contribution >= 0.6 is 0 Å². The highest BCUT2D eigenvalue weighted by molar-refractivity contribution is 5.92. The molecule has 0 unspecified atom stereocenters. The van der Waals surface area contributed by atoms with Gasteiger partial charge in [-0.15, -0.1) is 0 Å². The van der Waals surface area contributed by atoms with Gasteiger partial charge in [0.05, 0.1) is 5.56 Å². The third-order valence-electron chi connectivity index (χ3n) is 3.53. The largest absolute Gasteiger partial charge is 0.416 e. The van der Waals surface area contributed by atoms with E-state index in [-0.39, 0.29) is 17.4 Å². The van der Waals surface area contributed by atoms with E-state index >= 15 is 0 Å². The highest BCUT2D eigenvalue weighted by Gasteiger charge is 2.31. The summed E-state index contributed by atoms with van der Waals surface area (Å²) in [5.41, 5.74) is -0.584. The number of hydrogen-bond donors (Lipinski definition) is 0. The molecule has 0 spiro atoms.